The van der Waals surface area contributed by atoms with Gasteiger partial charge in [-0.25, -0.2) is 9.13 Å². The van der Waals surface area contributed by atoms with E-state index in [0.717, 1.165) is 89.9 Å². The average Bonchev–Trinajstić information content (AvgIpc) is 3.49. The fourth-order valence-electron chi connectivity index (χ4n) is 11.2. The molecule has 5 atom stereocenters. The number of phosphoric acid groups is 2. The number of hydrogen-bond donors (Lipinski definition) is 3. The molecule has 19 heteroatoms. The maximum absolute atomic E-state index is 13.0. The van der Waals surface area contributed by atoms with E-state index >= 15 is 0 Å². The monoisotopic (exact) mass is 1350 g/mol. The summed E-state index contributed by atoms with van der Waals surface area (Å²) in [5, 5.41) is 10.6. The summed E-state index contributed by atoms with van der Waals surface area (Å²) < 4.78 is 68.3. The van der Waals surface area contributed by atoms with Gasteiger partial charge in [-0.15, -0.1) is 0 Å². The van der Waals surface area contributed by atoms with Crippen molar-refractivity contribution in [2.45, 2.75) is 406 Å². The van der Waals surface area contributed by atoms with Crippen molar-refractivity contribution in [2.75, 3.05) is 39.6 Å². The average molecular weight is 1350 g/mol. The molecule has 0 rings (SSSR count). The number of carbonyl (C=O) groups excluding carboxylic acids is 4. The number of esters is 4. The zero-order valence-corrected chi connectivity index (χ0v) is 61.3. The number of phosphoric ester groups is 2. The van der Waals surface area contributed by atoms with Gasteiger partial charge >= 0.3 is 39.5 Å². The van der Waals surface area contributed by atoms with E-state index in [-0.39, 0.29) is 25.7 Å². The highest BCUT2D eigenvalue weighted by atomic mass is 31.2. The lowest BCUT2D eigenvalue weighted by Gasteiger charge is -2.21. The summed E-state index contributed by atoms with van der Waals surface area (Å²) in [5.41, 5.74) is 0. The van der Waals surface area contributed by atoms with Crippen LogP contribution in [0.1, 0.15) is 387 Å². The van der Waals surface area contributed by atoms with Crippen LogP contribution in [0.25, 0.3) is 0 Å². The van der Waals surface area contributed by atoms with Crippen molar-refractivity contribution >= 4 is 39.5 Å². The summed E-state index contributed by atoms with van der Waals surface area (Å²) >= 11 is 0. The first-order chi connectivity index (χ1) is 44.7. The lowest BCUT2D eigenvalue weighted by Crippen LogP contribution is -2.30. The quantitative estimate of drug-likeness (QED) is 0.0222. The van der Waals surface area contributed by atoms with Crippen LogP contribution in [0.15, 0.2) is 0 Å². The van der Waals surface area contributed by atoms with Crippen molar-refractivity contribution in [1.82, 2.24) is 0 Å². The van der Waals surface area contributed by atoms with Gasteiger partial charge in [0.25, 0.3) is 0 Å². The number of unbranched alkanes of at least 4 members (excludes halogenated alkanes) is 48. The van der Waals surface area contributed by atoms with Crippen LogP contribution in [0.4, 0.5) is 0 Å². The van der Waals surface area contributed by atoms with E-state index in [1.807, 2.05) is 0 Å². The molecule has 0 heterocycles. The van der Waals surface area contributed by atoms with Crippen LogP contribution in [0.5, 0.6) is 0 Å². The third-order valence-corrected chi connectivity index (χ3v) is 19.0. The molecule has 92 heavy (non-hydrogen) atoms. The molecule has 0 spiro atoms. The molecule has 17 nitrogen and oxygen atoms in total. The van der Waals surface area contributed by atoms with Crippen molar-refractivity contribution in [1.29, 1.82) is 0 Å². The van der Waals surface area contributed by atoms with Crippen LogP contribution >= 0.6 is 15.6 Å². The second-order valence-electron chi connectivity index (χ2n) is 26.3. The molecular weight excluding hydrogens is 1210 g/mol. The standard InChI is InChI=1S/C73H142O17P2/c1-5-9-13-17-21-25-29-30-31-32-33-34-35-36-37-40-44-48-52-56-60-73(78)90-69(64-84-71(76)58-54-50-46-42-38-26-22-18-14-10-6-2)66-88-92(81,82)86-62-67(74)61-85-91(79,80)87-65-68(63-83-70(75)57-53-49-45-41-28-24-20-16-12-8-4)89-72(77)59-55-51-47-43-39-27-23-19-15-11-7-3/h67-69,74H,5-66H2,1-4H3,(H,79,80)(H,81,82)/t67-,68+,69+/m0/s1. The Hall–Kier alpha value is -1.94. The summed E-state index contributed by atoms with van der Waals surface area (Å²) in [5.74, 6) is -2.12. The number of aliphatic hydroxyl groups is 1. The third-order valence-electron chi connectivity index (χ3n) is 17.1. The van der Waals surface area contributed by atoms with Crippen LogP contribution in [-0.4, -0.2) is 96.7 Å². The van der Waals surface area contributed by atoms with Crippen LogP contribution in [0, 0.1) is 0 Å². The molecule has 2 unspecified atom stereocenters. The zero-order chi connectivity index (χ0) is 67.5. The van der Waals surface area contributed by atoms with Gasteiger partial charge < -0.3 is 33.8 Å². The molecule has 0 bridgehead atoms. The van der Waals surface area contributed by atoms with Gasteiger partial charge in [0.2, 0.25) is 0 Å². The smallest absolute Gasteiger partial charge is 0.462 e. The maximum atomic E-state index is 13.0. The van der Waals surface area contributed by atoms with Crippen LogP contribution < -0.4 is 0 Å². The fourth-order valence-corrected chi connectivity index (χ4v) is 12.8. The molecule has 0 aromatic carbocycles. The highest BCUT2D eigenvalue weighted by molar-refractivity contribution is 7.47. The maximum Gasteiger partial charge on any atom is 0.472 e. The van der Waals surface area contributed by atoms with Gasteiger partial charge in [-0.05, 0) is 25.7 Å². The molecule has 0 saturated heterocycles. The van der Waals surface area contributed by atoms with Gasteiger partial charge in [0.1, 0.15) is 19.3 Å². The molecule has 0 aromatic heterocycles. The van der Waals surface area contributed by atoms with Gasteiger partial charge in [-0.3, -0.25) is 37.3 Å². The summed E-state index contributed by atoms with van der Waals surface area (Å²) in [4.78, 5) is 72.6. The van der Waals surface area contributed by atoms with E-state index in [4.69, 9.17) is 37.0 Å². The Bertz CT molecular complexity index is 1760. The predicted molar refractivity (Wildman–Crippen MR) is 372 cm³/mol. The van der Waals surface area contributed by atoms with E-state index in [2.05, 4.69) is 27.7 Å². The first-order valence-electron chi connectivity index (χ1n) is 38.3. The molecule has 0 aromatic rings. The van der Waals surface area contributed by atoms with Crippen molar-refractivity contribution in [3.05, 3.63) is 0 Å². The van der Waals surface area contributed by atoms with Gasteiger partial charge in [-0.2, -0.15) is 0 Å². The number of hydrogen-bond acceptors (Lipinski definition) is 15. The molecule has 0 saturated carbocycles. The number of aliphatic hydroxyl groups excluding tert-OH is 1. The highest BCUT2D eigenvalue weighted by Gasteiger charge is 2.30. The minimum atomic E-state index is -4.95. The number of rotatable bonds is 74. The molecule has 0 aliphatic heterocycles. The van der Waals surface area contributed by atoms with E-state index in [9.17, 15) is 43.2 Å². The topological polar surface area (TPSA) is 237 Å². The van der Waals surface area contributed by atoms with Crippen molar-refractivity contribution in [2.24, 2.45) is 0 Å². The minimum absolute atomic E-state index is 0.108. The molecule has 546 valence electrons. The van der Waals surface area contributed by atoms with E-state index in [1.165, 1.54) is 218 Å². The molecule has 0 aliphatic rings. The first kappa shape index (κ1) is 90.1. The van der Waals surface area contributed by atoms with Gasteiger partial charge in [0.15, 0.2) is 12.2 Å². The molecule has 0 amide bonds. The minimum Gasteiger partial charge on any atom is -0.462 e. The Morgan fingerprint density at radius 3 is 0.641 bits per heavy atom. The Kier molecular flexibility index (Phi) is 66.2. The SMILES string of the molecule is CCCCCCCCCCCCCCCCCCCCCCC(=O)O[C@H](COC(=O)CCCCCCCCCCCCC)COP(=O)(O)OC[C@@H](O)COP(=O)(O)OC[C@@H](COC(=O)CCCCCCCCCCCC)OC(=O)CCCCCCCCCCCCC. The Morgan fingerprint density at radius 1 is 0.261 bits per heavy atom. The fraction of sp³-hybridized carbons (Fsp3) is 0.945. The second-order valence-corrected chi connectivity index (χ2v) is 29.2. The number of ether oxygens (including phenoxy) is 4. The molecular formula is C73H142O17P2. The van der Waals surface area contributed by atoms with E-state index < -0.39 is 97.5 Å². The van der Waals surface area contributed by atoms with Gasteiger partial charge in [0.05, 0.1) is 26.4 Å². The largest absolute Gasteiger partial charge is 0.472 e. The molecule has 0 aliphatic carbocycles. The Balaban J connectivity index is 5.18. The lowest BCUT2D eigenvalue weighted by molar-refractivity contribution is -0.161. The Labute approximate surface area is 562 Å². The molecule has 3 N–H and O–H groups in total. The number of carbonyl (C=O) groups is 4. The molecule has 0 fully saturated rings. The van der Waals surface area contributed by atoms with Crippen molar-refractivity contribution in [3.8, 4) is 0 Å². The summed E-state index contributed by atoms with van der Waals surface area (Å²) in [7, 11) is -9.90. The van der Waals surface area contributed by atoms with Crippen LogP contribution in [0.2, 0.25) is 0 Å². The van der Waals surface area contributed by atoms with Gasteiger partial charge in [-0.1, -0.05) is 336 Å². The van der Waals surface area contributed by atoms with Crippen LogP contribution in [0.3, 0.4) is 0 Å². The van der Waals surface area contributed by atoms with Crippen molar-refractivity contribution < 1.29 is 80.2 Å². The lowest BCUT2D eigenvalue weighted by atomic mass is 10.0. The second kappa shape index (κ2) is 67.6. The van der Waals surface area contributed by atoms with Gasteiger partial charge in [0, 0.05) is 25.7 Å². The first-order valence-corrected chi connectivity index (χ1v) is 41.3. The third kappa shape index (κ3) is 66.7. The Morgan fingerprint density at radius 2 is 0.435 bits per heavy atom. The summed E-state index contributed by atoms with van der Waals surface area (Å²) in [6.45, 7) is 4.95. The van der Waals surface area contributed by atoms with Crippen molar-refractivity contribution in [3.63, 3.8) is 0 Å². The summed E-state index contributed by atoms with van der Waals surface area (Å²) in [6, 6.07) is 0. The van der Waals surface area contributed by atoms with E-state index in [0.29, 0.717) is 25.7 Å². The summed E-state index contributed by atoms with van der Waals surface area (Å²) in [6.07, 6.45) is 56.8. The normalized spacial score (nSPS) is 13.9. The van der Waals surface area contributed by atoms with E-state index in [1.54, 1.807) is 0 Å². The highest BCUT2D eigenvalue weighted by Crippen LogP contribution is 2.45. The predicted octanol–water partition coefficient (Wildman–Crippen LogP) is 21.4. The zero-order valence-electron chi connectivity index (χ0n) is 59.5. The molecule has 0 radical (unpaired) electrons. The van der Waals surface area contributed by atoms with Crippen LogP contribution in [-0.2, 0) is 65.4 Å².